The van der Waals surface area contributed by atoms with Gasteiger partial charge in [0.15, 0.2) is 5.82 Å². The first-order chi connectivity index (χ1) is 11.7. The summed E-state index contributed by atoms with van der Waals surface area (Å²) in [5.74, 6) is 9.31. The van der Waals surface area contributed by atoms with E-state index in [0.717, 1.165) is 17.2 Å². The van der Waals surface area contributed by atoms with E-state index >= 15 is 0 Å². The fourth-order valence-electron chi connectivity index (χ4n) is 1.97. The predicted octanol–water partition coefficient (Wildman–Crippen LogP) is 2.17. The van der Waals surface area contributed by atoms with Crippen molar-refractivity contribution in [3.63, 3.8) is 0 Å². The van der Waals surface area contributed by atoms with Crippen LogP contribution >= 0.6 is 11.8 Å². The van der Waals surface area contributed by atoms with Crippen molar-refractivity contribution >= 4 is 11.8 Å². The minimum Gasteiger partial charge on any atom is -0.497 e. The lowest BCUT2D eigenvalue weighted by Gasteiger charge is -2.07. The lowest BCUT2D eigenvalue weighted by molar-refractivity contribution is 0.289. The quantitative estimate of drug-likeness (QED) is 0.512. The number of aryl methyl sites for hydroxylation is 1. The van der Waals surface area contributed by atoms with Crippen LogP contribution in [0.5, 0.6) is 11.5 Å². The van der Waals surface area contributed by atoms with Crippen molar-refractivity contribution in [3.05, 3.63) is 47.6 Å². The van der Waals surface area contributed by atoms with Gasteiger partial charge in [0.1, 0.15) is 23.9 Å². The maximum atomic E-state index is 6.02. The number of nitrogens with two attached hydrogens (primary N) is 1. The zero-order chi connectivity index (χ0) is 16.9. The smallest absolute Gasteiger partial charge is 0.210 e. The third-order valence-corrected chi connectivity index (χ3v) is 4.15. The van der Waals surface area contributed by atoms with Crippen LogP contribution in [0.1, 0.15) is 17.3 Å². The summed E-state index contributed by atoms with van der Waals surface area (Å²) in [4.78, 5) is 0. The van der Waals surface area contributed by atoms with E-state index in [0.29, 0.717) is 22.5 Å². The number of benzene rings is 1. The van der Waals surface area contributed by atoms with Gasteiger partial charge in [0.2, 0.25) is 5.16 Å². The Balaban J connectivity index is 1.59. The third kappa shape index (κ3) is 3.80. The number of hydrogen-bond donors (Lipinski definition) is 1. The zero-order valence-electron chi connectivity index (χ0n) is 13.3. The SMILES string of the molecule is COc1cccc(OCc2nnc(SCc3cc(C)on3)n2N)c1. The van der Waals surface area contributed by atoms with Crippen molar-refractivity contribution in [3.8, 4) is 11.5 Å². The van der Waals surface area contributed by atoms with Crippen LogP contribution in [0.15, 0.2) is 40.0 Å². The van der Waals surface area contributed by atoms with Crippen LogP contribution < -0.4 is 15.3 Å². The van der Waals surface area contributed by atoms with E-state index in [-0.39, 0.29) is 6.61 Å². The number of nitrogens with zero attached hydrogens (tertiary/aromatic N) is 4. The first-order valence-corrected chi connectivity index (χ1v) is 8.15. The summed E-state index contributed by atoms with van der Waals surface area (Å²) in [5.41, 5.74) is 0.828. The molecular weight excluding hydrogens is 330 g/mol. The molecule has 9 heteroatoms. The van der Waals surface area contributed by atoms with Crippen LogP contribution in [-0.4, -0.2) is 27.1 Å². The summed E-state index contributed by atoms with van der Waals surface area (Å²) in [6.45, 7) is 2.06. The van der Waals surface area contributed by atoms with E-state index in [1.165, 1.54) is 16.4 Å². The second kappa shape index (κ2) is 7.26. The highest BCUT2D eigenvalue weighted by molar-refractivity contribution is 7.98. The molecule has 0 aliphatic heterocycles. The molecule has 8 nitrogen and oxygen atoms in total. The van der Waals surface area contributed by atoms with Gasteiger partial charge in [-0.2, -0.15) is 0 Å². The largest absolute Gasteiger partial charge is 0.497 e. The fraction of sp³-hybridized carbons (Fsp3) is 0.267. The minimum absolute atomic E-state index is 0.209. The molecule has 0 fully saturated rings. The van der Waals surface area contributed by atoms with Gasteiger partial charge in [0.05, 0.1) is 12.8 Å². The molecule has 0 amide bonds. The Morgan fingerprint density at radius 3 is 2.83 bits per heavy atom. The molecule has 0 unspecified atom stereocenters. The van der Waals surface area contributed by atoms with Gasteiger partial charge in [0.25, 0.3) is 0 Å². The number of hydrogen-bond acceptors (Lipinski definition) is 8. The monoisotopic (exact) mass is 347 g/mol. The van der Waals surface area contributed by atoms with Crippen LogP contribution in [0.3, 0.4) is 0 Å². The third-order valence-electron chi connectivity index (χ3n) is 3.17. The normalized spacial score (nSPS) is 10.8. The van der Waals surface area contributed by atoms with E-state index in [4.69, 9.17) is 19.8 Å². The fourth-order valence-corrected chi connectivity index (χ4v) is 2.72. The van der Waals surface area contributed by atoms with Crippen LogP contribution in [0.4, 0.5) is 0 Å². The molecule has 0 bridgehead atoms. The maximum absolute atomic E-state index is 6.02. The first-order valence-electron chi connectivity index (χ1n) is 7.17. The Hall–Kier alpha value is -2.68. The van der Waals surface area contributed by atoms with E-state index in [2.05, 4.69) is 15.4 Å². The zero-order valence-corrected chi connectivity index (χ0v) is 14.1. The van der Waals surface area contributed by atoms with Crippen molar-refractivity contribution in [2.75, 3.05) is 13.0 Å². The summed E-state index contributed by atoms with van der Waals surface area (Å²) in [5, 5.41) is 12.6. The molecule has 3 rings (SSSR count). The summed E-state index contributed by atoms with van der Waals surface area (Å²) in [7, 11) is 1.61. The van der Waals surface area contributed by atoms with Crippen LogP contribution in [0, 0.1) is 6.92 Å². The van der Waals surface area contributed by atoms with Crippen LogP contribution in [-0.2, 0) is 12.4 Å². The molecule has 0 radical (unpaired) electrons. The summed E-state index contributed by atoms with van der Waals surface area (Å²) >= 11 is 1.43. The summed E-state index contributed by atoms with van der Waals surface area (Å²) in [6, 6.07) is 9.19. The van der Waals surface area contributed by atoms with E-state index in [1.54, 1.807) is 13.2 Å². The van der Waals surface area contributed by atoms with Crippen LogP contribution in [0.2, 0.25) is 0 Å². The van der Waals surface area contributed by atoms with Crippen LogP contribution in [0.25, 0.3) is 0 Å². The topological polar surface area (TPSA) is 101 Å². The number of methoxy groups -OCH3 is 1. The molecule has 1 aromatic carbocycles. The van der Waals surface area contributed by atoms with E-state index < -0.39 is 0 Å². The molecule has 0 aliphatic rings. The highest BCUT2D eigenvalue weighted by atomic mass is 32.2. The number of nitrogen functional groups attached to an aromatic ring is 1. The molecule has 0 aliphatic carbocycles. The molecule has 126 valence electrons. The number of ether oxygens (including phenoxy) is 2. The Morgan fingerprint density at radius 2 is 2.08 bits per heavy atom. The van der Waals surface area contributed by atoms with Crippen molar-refractivity contribution in [2.24, 2.45) is 0 Å². The number of aromatic nitrogens is 4. The maximum Gasteiger partial charge on any atom is 0.210 e. The molecule has 0 saturated carbocycles. The van der Waals surface area contributed by atoms with Gasteiger partial charge in [-0.25, -0.2) is 4.68 Å². The molecule has 0 saturated heterocycles. The van der Waals surface area contributed by atoms with Gasteiger partial charge in [0, 0.05) is 17.9 Å². The average molecular weight is 347 g/mol. The number of thioether (sulfide) groups is 1. The Morgan fingerprint density at radius 1 is 1.25 bits per heavy atom. The van der Waals surface area contributed by atoms with Gasteiger partial charge in [-0.3, -0.25) is 0 Å². The Labute approximate surface area is 142 Å². The van der Waals surface area contributed by atoms with Gasteiger partial charge in [-0.05, 0) is 19.1 Å². The number of rotatable bonds is 7. The lowest BCUT2D eigenvalue weighted by atomic mass is 10.3. The minimum atomic E-state index is 0.209. The second-order valence-electron chi connectivity index (χ2n) is 4.95. The Kier molecular flexibility index (Phi) is 4.90. The van der Waals surface area contributed by atoms with Gasteiger partial charge < -0.3 is 19.8 Å². The van der Waals surface area contributed by atoms with E-state index in [1.807, 2.05) is 31.2 Å². The first kappa shape index (κ1) is 16.2. The summed E-state index contributed by atoms with van der Waals surface area (Å²) in [6.07, 6.45) is 0. The average Bonchev–Trinajstić information content (AvgIpc) is 3.17. The Bertz CT molecular complexity index is 817. The molecule has 3 aromatic rings. The molecular formula is C15H17N5O3S. The van der Waals surface area contributed by atoms with Crippen molar-refractivity contribution in [1.82, 2.24) is 20.0 Å². The van der Waals surface area contributed by atoms with Gasteiger partial charge in [-0.1, -0.05) is 23.0 Å². The molecule has 0 atom stereocenters. The molecule has 24 heavy (non-hydrogen) atoms. The molecule has 0 spiro atoms. The molecule has 2 aromatic heterocycles. The van der Waals surface area contributed by atoms with Crippen molar-refractivity contribution < 1.29 is 14.0 Å². The summed E-state index contributed by atoms with van der Waals surface area (Å²) < 4.78 is 17.3. The van der Waals surface area contributed by atoms with E-state index in [9.17, 15) is 0 Å². The van der Waals surface area contributed by atoms with Crippen molar-refractivity contribution in [2.45, 2.75) is 24.4 Å². The molecule has 2 N–H and O–H groups in total. The van der Waals surface area contributed by atoms with Crippen molar-refractivity contribution in [1.29, 1.82) is 0 Å². The predicted molar refractivity (Wildman–Crippen MR) is 88.3 cm³/mol. The highest BCUT2D eigenvalue weighted by Gasteiger charge is 2.12. The standard InChI is InChI=1S/C15H17N5O3S/c1-10-6-11(19-23-10)9-24-15-18-17-14(20(15)16)8-22-13-5-3-4-12(7-13)21-2/h3-7H,8-9,16H2,1-2H3. The highest BCUT2D eigenvalue weighted by Crippen LogP contribution is 2.22. The van der Waals surface area contributed by atoms with Gasteiger partial charge >= 0.3 is 0 Å². The van der Waals surface area contributed by atoms with Gasteiger partial charge in [-0.15, -0.1) is 10.2 Å². The lowest BCUT2D eigenvalue weighted by Crippen LogP contribution is -2.15. The molecule has 2 heterocycles. The second-order valence-corrected chi connectivity index (χ2v) is 5.90.